The molecule has 0 bridgehead atoms. The molecule has 1 amide bonds. The number of nitrogens with zero attached hydrogens (tertiary/aromatic N) is 2. The van der Waals surface area contributed by atoms with Crippen LogP contribution in [0.5, 0.6) is 0 Å². The number of carbonyl (C=O) groups is 1. The number of likely N-dealkylation sites (N-methyl/N-ethyl adjacent to an activating group) is 1. The van der Waals surface area contributed by atoms with Gasteiger partial charge < -0.3 is 10.4 Å². The Balaban J connectivity index is 2.29. The van der Waals surface area contributed by atoms with Crippen molar-refractivity contribution in [1.82, 2.24) is 9.88 Å². The predicted octanol–water partition coefficient (Wildman–Crippen LogP) is 1.77. The highest BCUT2D eigenvalue weighted by molar-refractivity contribution is 6.32. The number of rotatable bonds is 8. The Morgan fingerprint density at radius 3 is 2.95 bits per heavy atom. The number of hydrogen-bond acceptors (Lipinski definition) is 4. The highest BCUT2D eigenvalue weighted by Crippen LogP contribution is 2.17. The van der Waals surface area contributed by atoms with Crippen molar-refractivity contribution in [2.24, 2.45) is 0 Å². The van der Waals surface area contributed by atoms with Gasteiger partial charge in [-0.3, -0.25) is 9.69 Å². The van der Waals surface area contributed by atoms with E-state index in [4.69, 9.17) is 16.7 Å². The summed E-state index contributed by atoms with van der Waals surface area (Å²) in [5, 5.41) is 11.7. The third-order valence-corrected chi connectivity index (χ3v) is 2.95. The summed E-state index contributed by atoms with van der Waals surface area (Å²) in [4.78, 5) is 17.6. The number of carbonyl (C=O) groups excluding carboxylic acids is 1. The molecule has 0 aromatic carbocycles. The molecule has 1 aromatic heterocycles. The van der Waals surface area contributed by atoms with Gasteiger partial charge in [-0.2, -0.15) is 0 Å². The molecule has 0 aliphatic carbocycles. The molecule has 0 atom stereocenters. The van der Waals surface area contributed by atoms with Gasteiger partial charge in [-0.05, 0) is 45.0 Å². The summed E-state index contributed by atoms with van der Waals surface area (Å²) in [6, 6.07) is 3.44. The van der Waals surface area contributed by atoms with E-state index in [2.05, 4.69) is 10.3 Å². The molecule has 0 unspecified atom stereocenters. The first-order valence-electron chi connectivity index (χ1n) is 6.33. The average molecular weight is 286 g/mol. The lowest BCUT2D eigenvalue weighted by Gasteiger charge is -2.16. The standard InChI is InChI=1S/C13H20ClN3O2/c1-17(8-3-2-4-9-18)10-12(19)16-11-6-5-7-15-13(11)14/h5-7,18H,2-4,8-10H2,1H3,(H,16,19). The molecule has 2 N–H and O–H groups in total. The second-order valence-electron chi connectivity index (χ2n) is 4.41. The van der Waals surface area contributed by atoms with E-state index < -0.39 is 0 Å². The summed E-state index contributed by atoms with van der Waals surface area (Å²) in [6.07, 6.45) is 4.32. The molecular formula is C13H20ClN3O2. The summed E-state index contributed by atoms with van der Waals surface area (Å²) in [7, 11) is 1.89. The smallest absolute Gasteiger partial charge is 0.238 e. The summed E-state index contributed by atoms with van der Waals surface area (Å²) < 4.78 is 0. The van der Waals surface area contributed by atoms with Crippen molar-refractivity contribution < 1.29 is 9.90 Å². The molecule has 0 fully saturated rings. The molecule has 19 heavy (non-hydrogen) atoms. The van der Waals surface area contributed by atoms with Crippen molar-refractivity contribution in [1.29, 1.82) is 0 Å². The fourth-order valence-corrected chi connectivity index (χ4v) is 1.83. The van der Waals surface area contributed by atoms with Gasteiger partial charge in [0, 0.05) is 12.8 Å². The number of hydrogen-bond donors (Lipinski definition) is 2. The minimum atomic E-state index is -0.112. The monoisotopic (exact) mass is 285 g/mol. The van der Waals surface area contributed by atoms with Crippen LogP contribution in [0.1, 0.15) is 19.3 Å². The number of aliphatic hydroxyl groups excluding tert-OH is 1. The third kappa shape index (κ3) is 6.52. The molecule has 1 rings (SSSR count). The van der Waals surface area contributed by atoms with E-state index in [1.54, 1.807) is 18.3 Å². The molecule has 0 saturated carbocycles. The fourth-order valence-electron chi connectivity index (χ4n) is 1.66. The maximum absolute atomic E-state index is 11.8. The Hall–Kier alpha value is -1.17. The Bertz CT molecular complexity index is 401. The van der Waals surface area contributed by atoms with E-state index in [-0.39, 0.29) is 12.5 Å². The molecule has 0 aliphatic heterocycles. The molecule has 0 spiro atoms. The van der Waals surface area contributed by atoms with Crippen LogP contribution in [-0.4, -0.2) is 47.6 Å². The van der Waals surface area contributed by atoms with Crippen molar-refractivity contribution in [3.05, 3.63) is 23.5 Å². The number of aromatic nitrogens is 1. The van der Waals surface area contributed by atoms with Crippen LogP contribution in [0.3, 0.4) is 0 Å². The molecule has 1 aromatic rings. The van der Waals surface area contributed by atoms with E-state index in [9.17, 15) is 4.79 Å². The van der Waals surface area contributed by atoms with E-state index >= 15 is 0 Å². The summed E-state index contributed by atoms with van der Waals surface area (Å²) in [6.45, 7) is 1.36. The number of halogens is 1. The minimum absolute atomic E-state index is 0.112. The highest BCUT2D eigenvalue weighted by Gasteiger charge is 2.08. The first-order valence-corrected chi connectivity index (χ1v) is 6.71. The first-order chi connectivity index (χ1) is 9.13. The van der Waals surface area contributed by atoms with Gasteiger partial charge in [-0.1, -0.05) is 11.6 Å². The van der Waals surface area contributed by atoms with Gasteiger partial charge in [0.1, 0.15) is 0 Å². The molecule has 0 saturated heterocycles. The largest absolute Gasteiger partial charge is 0.396 e. The van der Waals surface area contributed by atoms with Crippen molar-refractivity contribution in [2.45, 2.75) is 19.3 Å². The lowest BCUT2D eigenvalue weighted by atomic mass is 10.2. The molecule has 0 radical (unpaired) electrons. The molecule has 0 aliphatic rings. The van der Waals surface area contributed by atoms with Crippen molar-refractivity contribution in [3.8, 4) is 0 Å². The Morgan fingerprint density at radius 2 is 2.26 bits per heavy atom. The number of amides is 1. The van der Waals surface area contributed by atoms with Crippen LogP contribution < -0.4 is 5.32 Å². The topological polar surface area (TPSA) is 65.5 Å². The zero-order valence-electron chi connectivity index (χ0n) is 11.1. The normalized spacial score (nSPS) is 10.7. The third-order valence-electron chi connectivity index (χ3n) is 2.64. The Labute approximate surface area is 118 Å². The quantitative estimate of drug-likeness (QED) is 0.564. The fraction of sp³-hybridized carbons (Fsp3) is 0.538. The number of aliphatic hydroxyl groups is 1. The van der Waals surface area contributed by atoms with Crippen LogP contribution in [0.4, 0.5) is 5.69 Å². The first kappa shape index (κ1) is 15.9. The maximum atomic E-state index is 11.8. The van der Waals surface area contributed by atoms with Gasteiger partial charge in [0.15, 0.2) is 5.15 Å². The van der Waals surface area contributed by atoms with Gasteiger partial charge in [-0.15, -0.1) is 0 Å². The Morgan fingerprint density at radius 1 is 1.47 bits per heavy atom. The van der Waals surface area contributed by atoms with E-state index in [0.717, 1.165) is 25.8 Å². The van der Waals surface area contributed by atoms with Crippen LogP contribution in [0, 0.1) is 0 Å². The van der Waals surface area contributed by atoms with Gasteiger partial charge in [-0.25, -0.2) is 4.98 Å². The molecular weight excluding hydrogens is 266 g/mol. The number of unbranched alkanes of at least 4 members (excludes halogenated alkanes) is 2. The highest BCUT2D eigenvalue weighted by atomic mass is 35.5. The lowest BCUT2D eigenvalue weighted by molar-refractivity contribution is -0.117. The molecule has 5 nitrogen and oxygen atoms in total. The van der Waals surface area contributed by atoms with E-state index in [1.165, 1.54) is 0 Å². The van der Waals surface area contributed by atoms with Crippen LogP contribution in [0.25, 0.3) is 0 Å². The zero-order valence-corrected chi connectivity index (χ0v) is 11.9. The van der Waals surface area contributed by atoms with Crippen LogP contribution in [-0.2, 0) is 4.79 Å². The summed E-state index contributed by atoms with van der Waals surface area (Å²) >= 11 is 5.86. The number of pyridine rings is 1. The molecule has 106 valence electrons. The lowest BCUT2D eigenvalue weighted by Crippen LogP contribution is -2.31. The zero-order chi connectivity index (χ0) is 14.1. The maximum Gasteiger partial charge on any atom is 0.238 e. The summed E-state index contributed by atoms with van der Waals surface area (Å²) in [5.74, 6) is -0.112. The Kier molecular flexibility index (Phi) is 7.40. The van der Waals surface area contributed by atoms with Crippen LogP contribution in [0.2, 0.25) is 5.15 Å². The number of anilines is 1. The van der Waals surface area contributed by atoms with Gasteiger partial charge in [0.05, 0.1) is 12.2 Å². The minimum Gasteiger partial charge on any atom is -0.396 e. The van der Waals surface area contributed by atoms with Gasteiger partial charge in [0.25, 0.3) is 0 Å². The van der Waals surface area contributed by atoms with E-state index in [1.807, 2.05) is 11.9 Å². The SMILES string of the molecule is CN(CCCCCO)CC(=O)Nc1cccnc1Cl. The van der Waals surface area contributed by atoms with Crippen LogP contribution >= 0.6 is 11.6 Å². The van der Waals surface area contributed by atoms with Crippen LogP contribution in [0.15, 0.2) is 18.3 Å². The van der Waals surface area contributed by atoms with Gasteiger partial charge in [0.2, 0.25) is 5.91 Å². The average Bonchev–Trinajstić information content (AvgIpc) is 2.37. The predicted molar refractivity (Wildman–Crippen MR) is 76.3 cm³/mol. The summed E-state index contributed by atoms with van der Waals surface area (Å²) in [5.41, 5.74) is 0.530. The van der Waals surface area contributed by atoms with Gasteiger partial charge >= 0.3 is 0 Å². The van der Waals surface area contributed by atoms with Crippen molar-refractivity contribution >= 4 is 23.2 Å². The second-order valence-corrected chi connectivity index (χ2v) is 4.77. The molecule has 6 heteroatoms. The molecule has 1 heterocycles. The van der Waals surface area contributed by atoms with Crippen molar-refractivity contribution in [2.75, 3.05) is 32.1 Å². The second kappa shape index (κ2) is 8.85. The van der Waals surface area contributed by atoms with Crippen molar-refractivity contribution in [3.63, 3.8) is 0 Å². The number of nitrogens with one attached hydrogen (secondary N) is 1. The van der Waals surface area contributed by atoms with E-state index in [0.29, 0.717) is 17.4 Å².